The minimum absolute atomic E-state index is 0.214. The van der Waals surface area contributed by atoms with Crippen LogP contribution in [0.15, 0.2) is 0 Å². The molecule has 0 N–H and O–H groups in total. The Kier molecular flexibility index (Phi) is 7.02. The van der Waals surface area contributed by atoms with Crippen LogP contribution in [0.2, 0.25) is 0 Å². The molecule has 1 aliphatic rings. The highest BCUT2D eigenvalue weighted by atomic mass is 16.7. The highest BCUT2D eigenvalue weighted by Gasteiger charge is 2.46. The van der Waals surface area contributed by atoms with Crippen molar-refractivity contribution >= 4 is 12.3 Å². The predicted octanol–water partition coefficient (Wildman–Crippen LogP) is 2.09. The molecule has 0 radical (unpaired) electrons. The van der Waals surface area contributed by atoms with E-state index >= 15 is 0 Å². The van der Waals surface area contributed by atoms with Gasteiger partial charge in [0.05, 0.1) is 13.2 Å². The van der Waals surface area contributed by atoms with Crippen molar-refractivity contribution < 1.29 is 19.2 Å². The Morgan fingerprint density at radius 3 is 2.42 bits per heavy atom. The van der Waals surface area contributed by atoms with E-state index in [0.717, 1.165) is 38.4 Å². The van der Waals surface area contributed by atoms with E-state index in [2.05, 4.69) is 0 Å². The quantitative estimate of drug-likeness (QED) is 0.384. The number of esters is 1. The fourth-order valence-corrected chi connectivity index (χ4v) is 2.69. The fourth-order valence-electron chi connectivity index (χ4n) is 2.69. The Hall–Kier alpha value is -0.940. The van der Waals surface area contributed by atoms with Crippen LogP contribution >= 0.6 is 0 Å². The van der Waals surface area contributed by atoms with Gasteiger partial charge < -0.3 is 9.53 Å². The van der Waals surface area contributed by atoms with Crippen molar-refractivity contribution in [3.8, 4) is 0 Å². The molecule has 1 saturated carbocycles. The molecule has 19 heavy (non-hydrogen) atoms. The summed E-state index contributed by atoms with van der Waals surface area (Å²) in [7, 11) is 0. The third kappa shape index (κ3) is 4.01. The number of hydrogen-bond acceptors (Lipinski definition) is 5. The Morgan fingerprint density at radius 2 is 1.89 bits per heavy atom. The summed E-state index contributed by atoms with van der Waals surface area (Å²) in [4.78, 5) is 28.6. The molecule has 1 fully saturated rings. The number of carbonyl (C=O) groups is 2. The van der Waals surface area contributed by atoms with E-state index < -0.39 is 5.54 Å². The zero-order valence-electron chi connectivity index (χ0n) is 12.0. The summed E-state index contributed by atoms with van der Waals surface area (Å²) in [5.74, 6) is -0.214. The van der Waals surface area contributed by atoms with E-state index in [-0.39, 0.29) is 5.97 Å². The number of rotatable bonds is 8. The molecule has 110 valence electrons. The van der Waals surface area contributed by atoms with Gasteiger partial charge in [0, 0.05) is 13.0 Å². The maximum absolute atomic E-state index is 12.4. The second kappa shape index (κ2) is 8.27. The molecule has 0 aromatic heterocycles. The van der Waals surface area contributed by atoms with E-state index in [9.17, 15) is 9.59 Å². The lowest BCUT2D eigenvalue weighted by molar-refractivity contribution is -0.237. The molecule has 0 aromatic rings. The molecular formula is C14H25NO4. The van der Waals surface area contributed by atoms with E-state index in [1.165, 1.54) is 0 Å². The lowest BCUT2D eigenvalue weighted by Crippen LogP contribution is -2.56. The minimum atomic E-state index is -0.701. The largest absolute Gasteiger partial charge is 0.465 e. The average molecular weight is 271 g/mol. The second-order valence-electron chi connectivity index (χ2n) is 4.79. The number of carbonyl (C=O) groups excluding carboxylic acids is 2. The summed E-state index contributed by atoms with van der Waals surface area (Å²) in [6, 6.07) is 0. The van der Waals surface area contributed by atoms with Gasteiger partial charge in [0.2, 0.25) is 0 Å². The summed E-state index contributed by atoms with van der Waals surface area (Å²) in [6.07, 6.45) is 5.81. The van der Waals surface area contributed by atoms with Gasteiger partial charge in [-0.1, -0.05) is 19.3 Å². The molecule has 1 aliphatic carbocycles. The summed E-state index contributed by atoms with van der Waals surface area (Å²) in [5.41, 5.74) is -0.701. The van der Waals surface area contributed by atoms with Crippen molar-refractivity contribution in [3.63, 3.8) is 0 Å². The van der Waals surface area contributed by atoms with Crippen LogP contribution in [0.3, 0.4) is 0 Å². The van der Waals surface area contributed by atoms with Crippen LogP contribution < -0.4 is 0 Å². The third-order valence-electron chi connectivity index (χ3n) is 3.55. The molecule has 0 heterocycles. The van der Waals surface area contributed by atoms with Gasteiger partial charge in [-0.3, -0.25) is 4.84 Å². The topological polar surface area (TPSA) is 55.8 Å². The Morgan fingerprint density at radius 1 is 1.21 bits per heavy atom. The standard InChI is InChI=1S/C14H25NO4/c1-3-18-13(17)14(9-6-5-7-10-14)15(19-4-2)11-8-12-16/h12H,3-11H2,1-2H3. The lowest BCUT2D eigenvalue weighted by atomic mass is 9.81. The highest BCUT2D eigenvalue weighted by molar-refractivity contribution is 5.80. The van der Waals surface area contributed by atoms with Gasteiger partial charge in [0.25, 0.3) is 0 Å². The molecule has 0 aromatic carbocycles. The van der Waals surface area contributed by atoms with Crippen LogP contribution in [0.4, 0.5) is 0 Å². The SMILES string of the molecule is CCOC(=O)C1(N(CCC=O)OCC)CCCCC1. The van der Waals surface area contributed by atoms with Crippen molar-refractivity contribution in [3.05, 3.63) is 0 Å². The number of nitrogens with zero attached hydrogens (tertiary/aromatic N) is 1. The van der Waals surface area contributed by atoms with E-state index in [1.54, 1.807) is 5.06 Å². The normalized spacial score (nSPS) is 18.3. The lowest BCUT2D eigenvalue weighted by Gasteiger charge is -2.42. The van der Waals surface area contributed by atoms with E-state index in [1.807, 2.05) is 13.8 Å². The van der Waals surface area contributed by atoms with Crippen LogP contribution in [0, 0.1) is 0 Å². The Balaban J connectivity index is 2.89. The van der Waals surface area contributed by atoms with Crippen LogP contribution in [0.1, 0.15) is 52.4 Å². The maximum Gasteiger partial charge on any atom is 0.328 e. The van der Waals surface area contributed by atoms with E-state index in [0.29, 0.717) is 26.2 Å². The first kappa shape index (κ1) is 16.1. The van der Waals surface area contributed by atoms with Crippen molar-refractivity contribution in [1.29, 1.82) is 0 Å². The maximum atomic E-state index is 12.4. The van der Waals surface area contributed by atoms with Crippen LogP contribution in [0.5, 0.6) is 0 Å². The van der Waals surface area contributed by atoms with Gasteiger partial charge in [0.15, 0.2) is 0 Å². The molecule has 5 heteroatoms. The second-order valence-corrected chi connectivity index (χ2v) is 4.79. The van der Waals surface area contributed by atoms with Crippen molar-refractivity contribution in [1.82, 2.24) is 5.06 Å². The van der Waals surface area contributed by atoms with Crippen LogP contribution in [0.25, 0.3) is 0 Å². The molecule has 0 unspecified atom stereocenters. The Labute approximate surface area is 115 Å². The van der Waals surface area contributed by atoms with Gasteiger partial charge in [-0.25, -0.2) is 4.79 Å². The molecule has 5 nitrogen and oxygen atoms in total. The van der Waals surface area contributed by atoms with Gasteiger partial charge in [0.1, 0.15) is 11.8 Å². The first-order valence-corrected chi connectivity index (χ1v) is 7.22. The van der Waals surface area contributed by atoms with Gasteiger partial charge in [-0.2, -0.15) is 5.06 Å². The summed E-state index contributed by atoms with van der Waals surface area (Å²) in [6.45, 7) is 4.99. The zero-order valence-corrected chi connectivity index (χ0v) is 12.0. The zero-order chi connectivity index (χ0) is 14.1. The molecular weight excluding hydrogens is 246 g/mol. The number of hydrogen-bond donors (Lipinski definition) is 0. The van der Waals surface area contributed by atoms with Crippen LogP contribution in [-0.4, -0.2) is 42.6 Å². The van der Waals surface area contributed by atoms with Gasteiger partial charge >= 0.3 is 5.97 Å². The molecule has 1 rings (SSSR count). The fraction of sp³-hybridized carbons (Fsp3) is 0.857. The minimum Gasteiger partial charge on any atom is -0.465 e. The summed E-state index contributed by atoms with van der Waals surface area (Å²) >= 11 is 0. The third-order valence-corrected chi connectivity index (χ3v) is 3.55. The molecule has 0 aliphatic heterocycles. The monoisotopic (exact) mass is 271 g/mol. The molecule has 0 amide bonds. The summed E-state index contributed by atoms with van der Waals surface area (Å²) < 4.78 is 5.24. The molecule has 0 bridgehead atoms. The smallest absolute Gasteiger partial charge is 0.328 e. The van der Waals surface area contributed by atoms with Gasteiger partial charge in [-0.15, -0.1) is 0 Å². The summed E-state index contributed by atoms with van der Waals surface area (Å²) in [5, 5.41) is 1.69. The highest BCUT2D eigenvalue weighted by Crippen LogP contribution is 2.35. The van der Waals surface area contributed by atoms with E-state index in [4.69, 9.17) is 9.57 Å². The number of aldehydes is 1. The van der Waals surface area contributed by atoms with Crippen molar-refractivity contribution in [2.75, 3.05) is 19.8 Å². The molecule has 0 saturated heterocycles. The first-order chi connectivity index (χ1) is 9.21. The van der Waals surface area contributed by atoms with Gasteiger partial charge in [-0.05, 0) is 26.7 Å². The van der Waals surface area contributed by atoms with Crippen LogP contribution in [-0.2, 0) is 19.2 Å². The van der Waals surface area contributed by atoms with Crippen molar-refractivity contribution in [2.45, 2.75) is 57.9 Å². The first-order valence-electron chi connectivity index (χ1n) is 7.22. The van der Waals surface area contributed by atoms with Crippen molar-refractivity contribution in [2.24, 2.45) is 0 Å². The molecule has 0 atom stereocenters. The predicted molar refractivity (Wildman–Crippen MR) is 71.5 cm³/mol. The number of ether oxygens (including phenoxy) is 1. The molecule has 0 spiro atoms. The number of hydroxylamine groups is 2. The Bertz CT molecular complexity index is 287. The average Bonchev–Trinajstić information content (AvgIpc) is 2.44.